The first-order chi connectivity index (χ1) is 15.2. The number of para-hydroxylation sites is 2. The minimum absolute atomic E-state index is 0.167. The molecule has 1 aliphatic rings. The van der Waals surface area contributed by atoms with Crippen LogP contribution in [0.3, 0.4) is 0 Å². The highest BCUT2D eigenvalue weighted by atomic mass is 16.1. The zero-order valence-electron chi connectivity index (χ0n) is 17.2. The third kappa shape index (κ3) is 3.74. The van der Waals surface area contributed by atoms with Gasteiger partial charge in [0, 0.05) is 6.04 Å². The standard InChI is InChI=1S/C24H24N6O/c25-22-20(24(31)27-17-11-5-2-6-12-17)21-23(29-19-14-8-7-13-18(19)28-21)30(22)26-15-16-9-3-1-4-10-16/h1,3-4,7-10,13-15,17H,2,5-6,11-12,25H2,(H,27,31)/b26-15-. The third-order valence-electron chi connectivity index (χ3n) is 5.76. The molecule has 2 heterocycles. The van der Waals surface area contributed by atoms with Crippen LogP contribution in [0.15, 0.2) is 59.7 Å². The summed E-state index contributed by atoms with van der Waals surface area (Å²) in [6.07, 6.45) is 7.17. The molecule has 156 valence electrons. The molecule has 2 aromatic heterocycles. The summed E-state index contributed by atoms with van der Waals surface area (Å²) >= 11 is 0. The van der Waals surface area contributed by atoms with Crippen LogP contribution in [-0.2, 0) is 0 Å². The number of hydrogen-bond acceptors (Lipinski definition) is 5. The van der Waals surface area contributed by atoms with Crippen molar-refractivity contribution in [3.8, 4) is 0 Å². The van der Waals surface area contributed by atoms with Crippen LogP contribution in [0.4, 0.5) is 5.82 Å². The fourth-order valence-electron chi connectivity index (χ4n) is 4.16. The molecule has 5 rings (SSSR count). The quantitative estimate of drug-likeness (QED) is 0.493. The van der Waals surface area contributed by atoms with Gasteiger partial charge < -0.3 is 11.1 Å². The van der Waals surface area contributed by atoms with E-state index in [1.807, 2.05) is 54.6 Å². The molecule has 0 radical (unpaired) electrons. The van der Waals surface area contributed by atoms with E-state index >= 15 is 0 Å². The van der Waals surface area contributed by atoms with Crippen molar-refractivity contribution in [3.63, 3.8) is 0 Å². The number of nitrogens with one attached hydrogen (secondary N) is 1. The maximum atomic E-state index is 13.2. The predicted octanol–water partition coefficient (Wildman–Crippen LogP) is 4.11. The summed E-state index contributed by atoms with van der Waals surface area (Å²) < 4.78 is 1.51. The minimum atomic E-state index is -0.215. The lowest BCUT2D eigenvalue weighted by atomic mass is 9.95. The summed E-state index contributed by atoms with van der Waals surface area (Å²) in [5.74, 6) is 0.0263. The van der Waals surface area contributed by atoms with Gasteiger partial charge in [0.1, 0.15) is 16.9 Å². The fourth-order valence-corrected chi connectivity index (χ4v) is 4.16. The lowest BCUT2D eigenvalue weighted by Crippen LogP contribution is -2.36. The van der Waals surface area contributed by atoms with Crippen molar-refractivity contribution in [3.05, 3.63) is 65.7 Å². The molecule has 7 nitrogen and oxygen atoms in total. The number of rotatable bonds is 4. The molecule has 0 unspecified atom stereocenters. The Morgan fingerprint density at radius 2 is 1.68 bits per heavy atom. The van der Waals surface area contributed by atoms with Crippen LogP contribution in [0.5, 0.6) is 0 Å². The Morgan fingerprint density at radius 3 is 2.42 bits per heavy atom. The normalized spacial score (nSPS) is 15.1. The lowest BCUT2D eigenvalue weighted by molar-refractivity contribution is 0.0930. The maximum Gasteiger partial charge on any atom is 0.257 e. The van der Waals surface area contributed by atoms with E-state index in [9.17, 15) is 4.79 Å². The van der Waals surface area contributed by atoms with E-state index in [-0.39, 0.29) is 17.8 Å². The third-order valence-corrected chi connectivity index (χ3v) is 5.76. The Bertz CT molecular complexity index is 1270. The van der Waals surface area contributed by atoms with Crippen LogP contribution in [0.25, 0.3) is 22.2 Å². The van der Waals surface area contributed by atoms with E-state index in [0.717, 1.165) is 36.8 Å². The molecular formula is C24H24N6O. The first kappa shape index (κ1) is 19.2. The first-order valence-electron chi connectivity index (χ1n) is 10.7. The van der Waals surface area contributed by atoms with Crippen molar-refractivity contribution in [2.45, 2.75) is 38.1 Å². The van der Waals surface area contributed by atoms with E-state index < -0.39 is 0 Å². The number of hydrogen-bond donors (Lipinski definition) is 2. The second-order valence-corrected chi connectivity index (χ2v) is 7.92. The number of carbonyl (C=O) groups is 1. The summed E-state index contributed by atoms with van der Waals surface area (Å²) in [6, 6.07) is 17.5. The Labute approximate surface area is 180 Å². The molecule has 2 aromatic carbocycles. The van der Waals surface area contributed by atoms with Gasteiger partial charge in [-0.2, -0.15) is 9.78 Å². The number of nitrogens with two attached hydrogens (primary N) is 1. The zero-order valence-corrected chi connectivity index (χ0v) is 17.2. The van der Waals surface area contributed by atoms with Crippen LogP contribution in [0.1, 0.15) is 48.0 Å². The molecule has 7 heteroatoms. The van der Waals surface area contributed by atoms with Gasteiger partial charge in [0.25, 0.3) is 5.91 Å². The molecule has 0 spiro atoms. The van der Waals surface area contributed by atoms with E-state index in [2.05, 4.69) is 10.4 Å². The molecule has 0 aliphatic heterocycles. The Morgan fingerprint density at radius 1 is 1.00 bits per heavy atom. The second-order valence-electron chi connectivity index (χ2n) is 7.92. The molecule has 3 N–H and O–H groups in total. The van der Waals surface area contributed by atoms with E-state index in [1.165, 1.54) is 11.1 Å². The van der Waals surface area contributed by atoms with Gasteiger partial charge in [-0.25, -0.2) is 9.97 Å². The van der Waals surface area contributed by atoms with E-state index in [0.29, 0.717) is 22.2 Å². The highest BCUT2D eigenvalue weighted by Crippen LogP contribution is 2.28. The van der Waals surface area contributed by atoms with Gasteiger partial charge in [0.05, 0.1) is 17.2 Å². The second kappa shape index (κ2) is 8.18. The predicted molar refractivity (Wildman–Crippen MR) is 123 cm³/mol. The largest absolute Gasteiger partial charge is 0.383 e. The summed E-state index contributed by atoms with van der Waals surface area (Å²) in [6.45, 7) is 0. The monoisotopic (exact) mass is 412 g/mol. The average Bonchev–Trinajstić information content (AvgIpc) is 3.07. The summed E-state index contributed by atoms with van der Waals surface area (Å²) in [7, 11) is 0. The molecule has 1 saturated carbocycles. The molecule has 1 aliphatic carbocycles. The van der Waals surface area contributed by atoms with Crippen LogP contribution >= 0.6 is 0 Å². The molecule has 4 aromatic rings. The first-order valence-corrected chi connectivity index (χ1v) is 10.7. The van der Waals surface area contributed by atoms with Gasteiger partial charge in [-0.3, -0.25) is 4.79 Å². The Kier molecular flexibility index (Phi) is 5.08. The smallest absolute Gasteiger partial charge is 0.257 e. The van der Waals surface area contributed by atoms with Crippen molar-refractivity contribution in [2.75, 3.05) is 5.73 Å². The van der Waals surface area contributed by atoms with E-state index in [4.69, 9.17) is 15.7 Å². The number of benzene rings is 2. The number of nitrogen functional groups attached to an aromatic ring is 1. The Balaban J connectivity index is 1.63. The van der Waals surface area contributed by atoms with Crippen LogP contribution in [0, 0.1) is 0 Å². The molecule has 1 amide bonds. The van der Waals surface area contributed by atoms with Crippen LogP contribution in [-0.4, -0.2) is 32.8 Å². The maximum absolute atomic E-state index is 13.2. The SMILES string of the molecule is Nc1c(C(=O)NC2CCCCC2)c2nc3ccccc3nc2n1/N=C\c1ccccc1. The van der Waals surface area contributed by atoms with Gasteiger partial charge in [-0.15, -0.1) is 0 Å². The van der Waals surface area contributed by atoms with Crippen molar-refractivity contribution in [1.29, 1.82) is 0 Å². The number of amides is 1. The topological polar surface area (TPSA) is 98.2 Å². The van der Waals surface area contributed by atoms with Crippen LogP contribution in [0.2, 0.25) is 0 Å². The summed E-state index contributed by atoms with van der Waals surface area (Å²) in [5, 5.41) is 7.70. The molecule has 31 heavy (non-hydrogen) atoms. The van der Waals surface area contributed by atoms with Crippen molar-refractivity contribution >= 4 is 40.1 Å². The highest BCUT2D eigenvalue weighted by Gasteiger charge is 2.26. The number of nitrogens with zero attached hydrogens (tertiary/aromatic N) is 4. The summed E-state index contributed by atoms with van der Waals surface area (Å²) in [5.41, 5.74) is 10.1. The average molecular weight is 412 g/mol. The minimum Gasteiger partial charge on any atom is -0.383 e. The molecular weight excluding hydrogens is 388 g/mol. The lowest BCUT2D eigenvalue weighted by Gasteiger charge is -2.22. The molecule has 1 fully saturated rings. The van der Waals surface area contributed by atoms with Crippen LogP contribution < -0.4 is 11.1 Å². The molecule has 0 bridgehead atoms. The van der Waals surface area contributed by atoms with Gasteiger partial charge in [-0.05, 0) is 30.5 Å². The number of fused-ring (bicyclic) bond motifs is 2. The fraction of sp³-hybridized carbons (Fsp3) is 0.250. The Hall–Kier alpha value is -3.74. The van der Waals surface area contributed by atoms with E-state index in [1.54, 1.807) is 6.21 Å². The molecule has 0 saturated heterocycles. The van der Waals surface area contributed by atoms with Crippen molar-refractivity contribution in [1.82, 2.24) is 20.0 Å². The van der Waals surface area contributed by atoms with Gasteiger partial charge in [0.15, 0.2) is 5.65 Å². The summed E-state index contributed by atoms with van der Waals surface area (Å²) in [4.78, 5) is 22.7. The van der Waals surface area contributed by atoms with Gasteiger partial charge >= 0.3 is 0 Å². The van der Waals surface area contributed by atoms with Gasteiger partial charge in [-0.1, -0.05) is 61.7 Å². The number of aromatic nitrogens is 3. The van der Waals surface area contributed by atoms with Crippen molar-refractivity contribution < 1.29 is 4.79 Å². The number of carbonyl (C=O) groups excluding carboxylic acids is 1. The molecule has 0 atom stereocenters. The number of anilines is 1. The zero-order chi connectivity index (χ0) is 21.2. The van der Waals surface area contributed by atoms with Crippen molar-refractivity contribution in [2.24, 2.45) is 5.10 Å². The highest BCUT2D eigenvalue weighted by molar-refractivity contribution is 6.10. The van der Waals surface area contributed by atoms with Gasteiger partial charge in [0.2, 0.25) is 0 Å².